The van der Waals surface area contributed by atoms with Gasteiger partial charge >= 0.3 is 0 Å². The van der Waals surface area contributed by atoms with Gasteiger partial charge in [0.15, 0.2) is 0 Å². The molecule has 0 atom stereocenters. The number of rotatable bonds is 1. The Labute approximate surface area is 78.1 Å². The van der Waals surface area contributed by atoms with E-state index in [1.807, 2.05) is 0 Å². The van der Waals surface area contributed by atoms with Gasteiger partial charge in [-0.3, -0.25) is 4.79 Å². The van der Waals surface area contributed by atoms with Crippen LogP contribution in [0.2, 0.25) is 10.0 Å². The molecule has 0 aliphatic rings. The summed E-state index contributed by atoms with van der Waals surface area (Å²) >= 11 is 10.9. The van der Waals surface area contributed by atoms with E-state index in [1.54, 1.807) is 0 Å². The largest absolute Gasteiger partial charge is 0.366 e. The van der Waals surface area contributed by atoms with Gasteiger partial charge in [0.2, 0.25) is 5.91 Å². The third kappa shape index (κ3) is 1.52. The number of hydrogen-bond acceptors (Lipinski definition) is 1. The molecular weight excluding hydrogens is 204 g/mol. The molecular formula is C7H4Cl2FNO. The smallest absolute Gasteiger partial charge is 0.250 e. The topological polar surface area (TPSA) is 43.1 Å². The molecule has 64 valence electrons. The maximum absolute atomic E-state index is 12.7. The van der Waals surface area contributed by atoms with E-state index < -0.39 is 11.7 Å². The molecule has 0 aliphatic carbocycles. The highest BCUT2D eigenvalue weighted by molar-refractivity contribution is 6.43. The lowest BCUT2D eigenvalue weighted by atomic mass is 10.2. The van der Waals surface area contributed by atoms with Crippen LogP contribution in [0.4, 0.5) is 4.39 Å². The average Bonchev–Trinajstić information content (AvgIpc) is 2.00. The van der Waals surface area contributed by atoms with E-state index in [0.29, 0.717) is 0 Å². The third-order valence-corrected chi connectivity index (χ3v) is 2.16. The van der Waals surface area contributed by atoms with E-state index in [4.69, 9.17) is 28.9 Å². The molecule has 1 rings (SSSR count). The zero-order chi connectivity index (χ0) is 9.30. The average molecular weight is 208 g/mol. The summed E-state index contributed by atoms with van der Waals surface area (Å²) in [6.45, 7) is 0. The lowest BCUT2D eigenvalue weighted by molar-refractivity contribution is 0.100. The van der Waals surface area contributed by atoms with E-state index in [1.165, 1.54) is 6.07 Å². The van der Waals surface area contributed by atoms with Crippen LogP contribution in [0, 0.1) is 5.82 Å². The third-order valence-electron chi connectivity index (χ3n) is 1.30. The van der Waals surface area contributed by atoms with Crippen LogP contribution in [-0.2, 0) is 0 Å². The second-order valence-corrected chi connectivity index (χ2v) is 2.84. The van der Waals surface area contributed by atoms with Gasteiger partial charge in [-0.2, -0.15) is 0 Å². The minimum Gasteiger partial charge on any atom is -0.366 e. The summed E-state index contributed by atoms with van der Waals surface area (Å²) in [5.41, 5.74) is 4.95. The molecule has 12 heavy (non-hydrogen) atoms. The van der Waals surface area contributed by atoms with Crippen molar-refractivity contribution < 1.29 is 9.18 Å². The predicted molar refractivity (Wildman–Crippen MR) is 44.9 cm³/mol. The second-order valence-electron chi connectivity index (χ2n) is 2.09. The molecule has 1 amide bonds. The van der Waals surface area contributed by atoms with E-state index in [2.05, 4.69) is 0 Å². The molecule has 0 fully saturated rings. The molecule has 1 aromatic carbocycles. The van der Waals surface area contributed by atoms with Gasteiger partial charge in [-0.15, -0.1) is 0 Å². The summed E-state index contributed by atoms with van der Waals surface area (Å²) in [6.07, 6.45) is 0. The molecule has 0 unspecified atom stereocenters. The highest BCUT2D eigenvalue weighted by atomic mass is 35.5. The Morgan fingerprint density at radius 2 is 1.92 bits per heavy atom. The number of carbonyl (C=O) groups is 1. The summed E-state index contributed by atoms with van der Waals surface area (Å²) in [5.74, 6) is -1.41. The van der Waals surface area contributed by atoms with E-state index in [0.717, 1.165) is 6.07 Å². The van der Waals surface area contributed by atoms with Crippen LogP contribution in [0.5, 0.6) is 0 Å². The summed E-state index contributed by atoms with van der Waals surface area (Å²) in [7, 11) is 0. The van der Waals surface area contributed by atoms with Crippen molar-refractivity contribution in [3.63, 3.8) is 0 Å². The second kappa shape index (κ2) is 3.29. The van der Waals surface area contributed by atoms with Crippen LogP contribution in [0.15, 0.2) is 12.1 Å². The maximum Gasteiger partial charge on any atom is 0.250 e. The number of amides is 1. The Morgan fingerprint density at radius 3 is 2.42 bits per heavy atom. The van der Waals surface area contributed by atoms with Crippen LogP contribution in [0.1, 0.15) is 10.4 Å². The molecule has 0 bridgehead atoms. The van der Waals surface area contributed by atoms with Crippen LogP contribution in [-0.4, -0.2) is 5.91 Å². The first-order chi connectivity index (χ1) is 5.54. The summed E-state index contributed by atoms with van der Waals surface area (Å²) in [6, 6.07) is 2.22. The Balaban J connectivity index is 3.36. The monoisotopic (exact) mass is 207 g/mol. The molecule has 0 spiro atoms. The van der Waals surface area contributed by atoms with Gasteiger partial charge in [0.1, 0.15) is 5.82 Å². The zero-order valence-corrected chi connectivity index (χ0v) is 7.29. The fourth-order valence-electron chi connectivity index (χ4n) is 0.716. The highest BCUT2D eigenvalue weighted by Gasteiger charge is 2.12. The van der Waals surface area contributed by atoms with Gasteiger partial charge in [-0.1, -0.05) is 23.2 Å². The van der Waals surface area contributed by atoms with Crippen molar-refractivity contribution in [2.45, 2.75) is 0 Å². The number of primary amides is 1. The van der Waals surface area contributed by atoms with E-state index in [-0.39, 0.29) is 15.6 Å². The van der Waals surface area contributed by atoms with Crippen LogP contribution in [0.3, 0.4) is 0 Å². The quantitative estimate of drug-likeness (QED) is 0.706. The van der Waals surface area contributed by atoms with Gasteiger partial charge < -0.3 is 5.73 Å². The first kappa shape index (κ1) is 9.29. The molecule has 0 saturated carbocycles. The molecule has 0 radical (unpaired) electrons. The minimum absolute atomic E-state index is 0.0167. The molecule has 2 N–H and O–H groups in total. The molecule has 2 nitrogen and oxygen atoms in total. The van der Waals surface area contributed by atoms with Crippen molar-refractivity contribution in [1.29, 1.82) is 0 Å². The molecule has 0 saturated heterocycles. The molecule has 5 heteroatoms. The van der Waals surface area contributed by atoms with Crippen molar-refractivity contribution in [2.24, 2.45) is 5.73 Å². The zero-order valence-electron chi connectivity index (χ0n) is 5.77. The van der Waals surface area contributed by atoms with Gasteiger partial charge in [-0.05, 0) is 12.1 Å². The number of hydrogen-bond donors (Lipinski definition) is 1. The molecule has 0 heterocycles. The minimum atomic E-state index is -0.734. The summed E-state index contributed by atoms with van der Waals surface area (Å²) < 4.78 is 12.7. The number of halogens is 3. The number of carbonyl (C=O) groups excluding carboxylic acids is 1. The normalized spacial score (nSPS) is 9.92. The van der Waals surface area contributed by atoms with Gasteiger partial charge in [-0.25, -0.2) is 4.39 Å². The van der Waals surface area contributed by atoms with Crippen molar-refractivity contribution >= 4 is 29.1 Å². The predicted octanol–water partition coefficient (Wildman–Crippen LogP) is 2.23. The van der Waals surface area contributed by atoms with E-state index in [9.17, 15) is 9.18 Å². The molecule has 0 aromatic heterocycles. The van der Waals surface area contributed by atoms with Crippen LogP contribution in [0.25, 0.3) is 0 Å². The van der Waals surface area contributed by atoms with Crippen LogP contribution >= 0.6 is 23.2 Å². The van der Waals surface area contributed by atoms with Gasteiger partial charge in [0.25, 0.3) is 0 Å². The highest BCUT2D eigenvalue weighted by Crippen LogP contribution is 2.27. The fraction of sp³-hybridized carbons (Fsp3) is 0. The molecule has 1 aromatic rings. The maximum atomic E-state index is 12.7. The summed E-state index contributed by atoms with van der Waals surface area (Å²) in [4.78, 5) is 10.6. The van der Waals surface area contributed by atoms with Gasteiger partial charge in [0.05, 0.1) is 15.6 Å². The number of nitrogens with two attached hydrogens (primary N) is 1. The lowest BCUT2D eigenvalue weighted by Crippen LogP contribution is -2.11. The fourth-order valence-corrected chi connectivity index (χ4v) is 1.13. The van der Waals surface area contributed by atoms with Crippen LogP contribution < -0.4 is 5.73 Å². The summed E-state index contributed by atoms with van der Waals surface area (Å²) in [5, 5.41) is -0.433. The molecule has 0 aliphatic heterocycles. The lowest BCUT2D eigenvalue weighted by Gasteiger charge is -2.01. The Morgan fingerprint density at radius 1 is 1.33 bits per heavy atom. The first-order valence-corrected chi connectivity index (χ1v) is 3.73. The first-order valence-electron chi connectivity index (χ1n) is 2.97. The SMILES string of the molecule is NC(=O)c1ccc(F)c(Cl)c1Cl. The van der Waals surface area contributed by atoms with Crippen molar-refractivity contribution in [3.05, 3.63) is 33.6 Å². The van der Waals surface area contributed by atoms with Crippen molar-refractivity contribution in [3.8, 4) is 0 Å². The van der Waals surface area contributed by atoms with E-state index >= 15 is 0 Å². The standard InChI is InChI=1S/C7H4Cl2FNO/c8-5-3(7(11)12)1-2-4(10)6(5)9/h1-2H,(H2,11,12). The Bertz CT molecular complexity index is 340. The Kier molecular flexibility index (Phi) is 2.55. The van der Waals surface area contributed by atoms with Crippen molar-refractivity contribution in [2.75, 3.05) is 0 Å². The van der Waals surface area contributed by atoms with Gasteiger partial charge in [0, 0.05) is 0 Å². The van der Waals surface area contributed by atoms with Crippen molar-refractivity contribution in [1.82, 2.24) is 0 Å². The Hall–Kier alpha value is -0.800. The number of benzene rings is 1.